The van der Waals surface area contributed by atoms with E-state index in [4.69, 9.17) is 0 Å². The van der Waals surface area contributed by atoms with Gasteiger partial charge < -0.3 is 15.2 Å². The van der Waals surface area contributed by atoms with Crippen molar-refractivity contribution >= 4 is 5.82 Å². The number of aromatic nitrogens is 2. The largest absolute Gasteiger partial charge is 0.351 e. The molecule has 2 aliphatic heterocycles. The Morgan fingerprint density at radius 1 is 1.40 bits per heavy atom. The SMILES string of the molecule is O=c1[nH][c]cnc1N1CC2CNCC2C1. The monoisotopic (exact) mass is 205 g/mol. The van der Waals surface area contributed by atoms with Crippen LogP contribution in [0.2, 0.25) is 0 Å². The normalized spacial score (nSPS) is 29.5. The molecule has 2 fully saturated rings. The number of aromatic amines is 1. The van der Waals surface area contributed by atoms with Gasteiger partial charge in [-0.2, -0.15) is 0 Å². The minimum absolute atomic E-state index is 0.134. The molecule has 0 amide bonds. The van der Waals surface area contributed by atoms with Gasteiger partial charge >= 0.3 is 0 Å². The predicted octanol–water partition coefficient (Wildman–Crippen LogP) is -0.774. The molecule has 1 radical (unpaired) electrons. The second kappa shape index (κ2) is 3.34. The second-order valence-electron chi connectivity index (χ2n) is 4.26. The van der Waals surface area contributed by atoms with Crippen molar-refractivity contribution in [3.8, 4) is 0 Å². The molecule has 0 spiro atoms. The minimum atomic E-state index is -0.134. The molecule has 5 nitrogen and oxygen atoms in total. The molecule has 0 saturated carbocycles. The van der Waals surface area contributed by atoms with E-state index in [1.807, 2.05) is 0 Å². The lowest BCUT2D eigenvalue weighted by molar-refractivity contribution is 0.533. The summed E-state index contributed by atoms with van der Waals surface area (Å²) in [4.78, 5) is 20.2. The first-order valence-corrected chi connectivity index (χ1v) is 5.25. The molecule has 0 bridgehead atoms. The van der Waals surface area contributed by atoms with Gasteiger partial charge in [0.05, 0.1) is 12.4 Å². The average Bonchev–Trinajstić information content (AvgIpc) is 2.77. The van der Waals surface area contributed by atoms with Crippen molar-refractivity contribution in [3.63, 3.8) is 0 Å². The molecule has 2 unspecified atom stereocenters. The fraction of sp³-hybridized carbons (Fsp3) is 0.600. The zero-order valence-electron chi connectivity index (χ0n) is 8.36. The molecule has 79 valence electrons. The van der Waals surface area contributed by atoms with Crippen molar-refractivity contribution in [2.75, 3.05) is 31.1 Å². The van der Waals surface area contributed by atoms with Gasteiger partial charge in [0, 0.05) is 26.2 Å². The van der Waals surface area contributed by atoms with Gasteiger partial charge in [0.2, 0.25) is 0 Å². The van der Waals surface area contributed by atoms with Crippen LogP contribution in [0.4, 0.5) is 5.82 Å². The van der Waals surface area contributed by atoms with Crippen molar-refractivity contribution < 1.29 is 0 Å². The molecule has 0 aliphatic carbocycles. The van der Waals surface area contributed by atoms with Crippen LogP contribution >= 0.6 is 0 Å². The number of nitrogens with one attached hydrogen (secondary N) is 2. The van der Waals surface area contributed by atoms with Gasteiger partial charge in [-0.3, -0.25) is 4.79 Å². The number of nitrogens with zero attached hydrogens (tertiary/aromatic N) is 2. The van der Waals surface area contributed by atoms with Gasteiger partial charge in [0.25, 0.3) is 5.56 Å². The molecule has 5 heteroatoms. The Morgan fingerprint density at radius 3 is 2.80 bits per heavy atom. The maximum absolute atomic E-state index is 11.5. The number of fused-ring (bicyclic) bond motifs is 1. The smallest absolute Gasteiger partial charge is 0.291 e. The molecular weight excluding hydrogens is 192 g/mol. The first-order chi connectivity index (χ1) is 7.34. The fourth-order valence-electron chi connectivity index (χ4n) is 2.56. The van der Waals surface area contributed by atoms with Crippen LogP contribution in [-0.4, -0.2) is 36.1 Å². The molecule has 15 heavy (non-hydrogen) atoms. The molecule has 2 aliphatic rings. The van der Waals surface area contributed by atoms with E-state index in [1.54, 1.807) is 0 Å². The molecule has 2 saturated heterocycles. The van der Waals surface area contributed by atoms with E-state index >= 15 is 0 Å². The van der Waals surface area contributed by atoms with Gasteiger partial charge in [-0.1, -0.05) is 0 Å². The summed E-state index contributed by atoms with van der Waals surface area (Å²) >= 11 is 0. The van der Waals surface area contributed by atoms with E-state index in [0.29, 0.717) is 17.7 Å². The third kappa shape index (κ3) is 1.43. The average molecular weight is 205 g/mol. The molecule has 3 heterocycles. The molecule has 2 N–H and O–H groups in total. The number of rotatable bonds is 1. The second-order valence-corrected chi connectivity index (χ2v) is 4.26. The van der Waals surface area contributed by atoms with Gasteiger partial charge in [-0.05, 0) is 11.8 Å². The zero-order valence-corrected chi connectivity index (χ0v) is 8.36. The van der Waals surface area contributed by atoms with E-state index in [1.165, 1.54) is 6.20 Å². The quantitative estimate of drug-likeness (QED) is 0.632. The Kier molecular flexibility index (Phi) is 1.98. The fourth-order valence-corrected chi connectivity index (χ4v) is 2.56. The predicted molar refractivity (Wildman–Crippen MR) is 55.8 cm³/mol. The zero-order chi connectivity index (χ0) is 10.3. The summed E-state index contributed by atoms with van der Waals surface area (Å²) in [5.74, 6) is 1.90. The number of hydrogen-bond acceptors (Lipinski definition) is 4. The molecule has 3 rings (SSSR count). The van der Waals surface area contributed by atoms with E-state index in [-0.39, 0.29) is 5.56 Å². The Morgan fingerprint density at radius 2 is 2.13 bits per heavy atom. The summed E-state index contributed by atoms with van der Waals surface area (Å²) in [6.45, 7) is 4.02. The van der Waals surface area contributed by atoms with Gasteiger partial charge in [0.15, 0.2) is 5.82 Å². The van der Waals surface area contributed by atoms with E-state index < -0.39 is 0 Å². The van der Waals surface area contributed by atoms with Gasteiger partial charge in [-0.15, -0.1) is 0 Å². The lowest BCUT2D eigenvalue weighted by Crippen LogP contribution is -2.31. The van der Waals surface area contributed by atoms with E-state index in [0.717, 1.165) is 26.2 Å². The Balaban J connectivity index is 1.86. The standard InChI is InChI=1S/C10H13N4O/c15-10-9(12-1-2-13-10)14-5-7-3-11-4-8(7)6-14/h1,7-8,11H,3-6H2,(H,13,15). The van der Waals surface area contributed by atoms with Crippen molar-refractivity contribution in [2.45, 2.75) is 0 Å². The van der Waals surface area contributed by atoms with Crippen molar-refractivity contribution in [2.24, 2.45) is 11.8 Å². The van der Waals surface area contributed by atoms with Crippen molar-refractivity contribution in [1.82, 2.24) is 15.3 Å². The van der Waals surface area contributed by atoms with Gasteiger partial charge in [-0.25, -0.2) is 4.98 Å². The number of anilines is 1. The van der Waals surface area contributed by atoms with Crippen LogP contribution in [0.25, 0.3) is 0 Å². The van der Waals surface area contributed by atoms with Crippen LogP contribution in [0.15, 0.2) is 11.0 Å². The number of hydrogen-bond donors (Lipinski definition) is 2. The highest BCUT2D eigenvalue weighted by Crippen LogP contribution is 2.27. The van der Waals surface area contributed by atoms with Gasteiger partial charge in [0.1, 0.15) is 0 Å². The van der Waals surface area contributed by atoms with Crippen LogP contribution < -0.4 is 15.8 Å². The lowest BCUT2D eigenvalue weighted by atomic mass is 10.0. The third-order valence-electron chi connectivity index (χ3n) is 3.33. The molecule has 0 aromatic carbocycles. The van der Waals surface area contributed by atoms with Crippen LogP contribution in [0.1, 0.15) is 0 Å². The van der Waals surface area contributed by atoms with Crippen LogP contribution in [0, 0.1) is 18.0 Å². The lowest BCUT2D eigenvalue weighted by Gasteiger charge is -2.16. The first-order valence-electron chi connectivity index (χ1n) is 5.25. The summed E-state index contributed by atoms with van der Waals surface area (Å²) < 4.78 is 0. The summed E-state index contributed by atoms with van der Waals surface area (Å²) in [6.07, 6.45) is 4.10. The first kappa shape index (κ1) is 8.91. The Bertz CT molecular complexity index is 404. The summed E-state index contributed by atoms with van der Waals surface area (Å²) in [5, 5.41) is 3.37. The summed E-state index contributed by atoms with van der Waals surface area (Å²) in [7, 11) is 0. The van der Waals surface area contributed by atoms with E-state index in [9.17, 15) is 4.79 Å². The third-order valence-corrected chi connectivity index (χ3v) is 3.33. The minimum Gasteiger partial charge on any atom is -0.351 e. The maximum Gasteiger partial charge on any atom is 0.291 e. The highest BCUT2D eigenvalue weighted by Gasteiger charge is 2.37. The van der Waals surface area contributed by atoms with Crippen LogP contribution in [0.5, 0.6) is 0 Å². The Hall–Kier alpha value is -1.36. The number of H-pyrrole nitrogens is 1. The molecular formula is C10H13N4O. The molecule has 1 aromatic rings. The van der Waals surface area contributed by atoms with E-state index in [2.05, 4.69) is 26.4 Å². The van der Waals surface area contributed by atoms with Crippen molar-refractivity contribution in [3.05, 3.63) is 22.7 Å². The Labute approximate surface area is 87.5 Å². The molecule has 1 aromatic heterocycles. The topological polar surface area (TPSA) is 61.0 Å². The highest BCUT2D eigenvalue weighted by atomic mass is 16.1. The molecule has 2 atom stereocenters. The maximum atomic E-state index is 11.5. The van der Waals surface area contributed by atoms with Crippen LogP contribution in [0.3, 0.4) is 0 Å². The highest BCUT2D eigenvalue weighted by molar-refractivity contribution is 5.37. The summed E-state index contributed by atoms with van der Waals surface area (Å²) in [5.41, 5.74) is -0.134. The van der Waals surface area contributed by atoms with Crippen LogP contribution in [-0.2, 0) is 0 Å². The van der Waals surface area contributed by atoms with Crippen molar-refractivity contribution in [1.29, 1.82) is 0 Å². The summed E-state index contributed by atoms with van der Waals surface area (Å²) in [6, 6.07) is 0.